The molecule has 0 radical (unpaired) electrons. The maximum Gasteiger partial charge on any atom is 0.224 e. The second kappa shape index (κ2) is 7.56. The fourth-order valence-corrected chi connectivity index (χ4v) is 4.14. The van der Waals surface area contributed by atoms with E-state index < -0.39 is 0 Å². The molecular formula is C16H29N3O2. The summed E-state index contributed by atoms with van der Waals surface area (Å²) >= 11 is 0. The lowest BCUT2D eigenvalue weighted by Gasteiger charge is -2.28. The van der Waals surface area contributed by atoms with Crippen LogP contribution in [-0.4, -0.2) is 62.3 Å². The van der Waals surface area contributed by atoms with Crippen molar-refractivity contribution in [3.05, 3.63) is 0 Å². The van der Waals surface area contributed by atoms with Crippen LogP contribution in [0.15, 0.2) is 0 Å². The molecule has 3 atom stereocenters. The number of morpholine rings is 1. The molecule has 2 saturated heterocycles. The van der Waals surface area contributed by atoms with E-state index in [2.05, 4.69) is 10.6 Å². The zero-order valence-electron chi connectivity index (χ0n) is 13.0. The number of ether oxygens (including phenoxy) is 1. The van der Waals surface area contributed by atoms with Gasteiger partial charge in [0.2, 0.25) is 5.91 Å². The number of nitrogens with zero attached hydrogens (tertiary/aromatic N) is 1. The first-order valence-corrected chi connectivity index (χ1v) is 8.67. The summed E-state index contributed by atoms with van der Waals surface area (Å²) in [4.78, 5) is 14.1. The lowest BCUT2D eigenvalue weighted by molar-refractivity contribution is -0.135. The van der Waals surface area contributed by atoms with Gasteiger partial charge < -0.3 is 20.3 Å². The average molecular weight is 295 g/mol. The van der Waals surface area contributed by atoms with Crippen LogP contribution in [0.25, 0.3) is 0 Å². The van der Waals surface area contributed by atoms with Crippen molar-refractivity contribution in [3.8, 4) is 0 Å². The monoisotopic (exact) mass is 295 g/mol. The van der Waals surface area contributed by atoms with E-state index in [1.165, 1.54) is 38.6 Å². The second-order valence-electron chi connectivity index (χ2n) is 6.60. The highest BCUT2D eigenvalue weighted by Crippen LogP contribution is 2.31. The van der Waals surface area contributed by atoms with Gasteiger partial charge in [0.1, 0.15) is 0 Å². The molecule has 0 aromatic rings. The summed E-state index contributed by atoms with van der Waals surface area (Å²) in [6.07, 6.45) is 7.22. The van der Waals surface area contributed by atoms with Crippen LogP contribution in [-0.2, 0) is 9.53 Å². The number of carbonyl (C=O) groups is 1. The smallest absolute Gasteiger partial charge is 0.224 e. The van der Waals surface area contributed by atoms with Gasteiger partial charge in [-0.2, -0.15) is 0 Å². The molecule has 1 amide bonds. The predicted molar refractivity (Wildman–Crippen MR) is 82.2 cm³/mol. The fraction of sp³-hybridized carbons (Fsp3) is 0.938. The maximum atomic E-state index is 12.1. The number of carbonyl (C=O) groups excluding carboxylic acids is 1. The van der Waals surface area contributed by atoms with Crippen LogP contribution in [0.3, 0.4) is 0 Å². The second-order valence-corrected chi connectivity index (χ2v) is 6.60. The zero-order valence-corrected chi connectivity index (χ0v) is 13.0. The molecule has 0 spiro atoms. The fourth-order valence-electron chi connectivity index (χ4n) is 4.14. The Hall–Kier alpha value is -0.650. The Morgan fingerprint density at radius 1 is 1.19 bits per heavy atom. The lowest BCUT2D eigenvalue weighted by atomic mass is 9.93. The van der Waals surface area contributed by atoms with Gasteiger partial charge in [-0.3, -0.25) is 4.79 Å². The summed E-state index contributed by atoms with van der Waals surface area (Å²) in [7, 11) is 0. The topological polar surface area (TPSA) is 53.6 Å². The van der Waals surface area contributed by atoms with Crippen LogP contribution in [0.2, 0.25) is 0 Å². The first-order valence-electron chi connectivity index (χ1n) is 8.67. The molecule has 2 aliphatic heterocycles. The highest BCUT2D eigenvalue weighted by atomic mass is 16.5. The van der Waals surface area contributed by atoms with Gasteiger partial charge in [-0.15, -0.1) is 0 Å². The van der Waals surface area contributed by atoms with Crippen molar-refractivity contribution in [2.45, 2.75) is 50.6 Å². The normalized spacial score (nSPS) is 33.5. The van der Waals surface area contributed by atoms with E-state index in [1.54, 1.807) is 0 Å². The van der Waals surface area contributed by atoms with Crippen molar-refractivity contribution < 1.29 is 9.53 Å². The van der Waals surface area contributed by atoms with E-state index in [0.717, 1.165) is 25.6 Å². The van der Waals surface area contributed by atoms with E-state index in [0.29, 0.717) is 31.7 Å². The Balaban J connectivity index is 1.38. The standard InChI is InChI=1S/C16H29N3O2/c20-16(19-9-11-21-12-10-19)6-8-18-14-4-1-3-13(14)15-5-2-7-17-15/h13-15,17-18H,1-12H2. The minimum Gasteiger partial charge on any atom is -0.378 e. The SMILES string of the molecule is O=C(CCNC1CCCC1C1CCCN1)N1CCOCC1. The highest BCUT2D eigenvalue weighted by Gasteiger charge is 2.34. The summed E-state index contributed by atoms with van der Waals surface area (Å²) in [5, 5.41) is 7.31. The summed E-state index contributed by atoms with van der Waals surface area (Å²) in [6.45, 7) is 4.91. The van der Waals surface area contributed by atoms with Crippen LogP contribution in [0.1, 0.15) is 38.5 Å². The zero-order chi connectivity index (χ0) is 14.5. The summed E-state index contributed by atoms with van der Waals surface area (Å²) in [6, 6.07) is 1.32. The molecule has 21 heavy (non-hydrogen) atoms. The molecule has 1 saturated carbocycles. The van der Waals surface area contributed by atoms with E-state index >= 15 is 0 Å². The Kier molecular flexibility index (Phi) is 5.49. The predicted octanol–water partition coefficient (Wildman–Crippen LogP) is 0.746. The molecule has 3 rings (SSSR count). The highest BCUT2D eigenvalue weighted by molar-refractivity contribution is 5.76. The van der Waals surface area contributed by atoms with Crippen molar-refractivity contribution >= 4 is 5.91 Å². The molecule has 0 aromatic carbocycles. The largest absolute Gasteiger partial charge is 0.378 e. The van der Waals surface area contributed by atoms with Crippen molar-refractivity contribution in [1.82, 2.24) is 15.5 Å². The van der Waals surface area contributed by atoms with E-state index in [-0.39, 0.29) is 5.91 Å². The first kappa shape index (κ1) is 15.3. The third-order valence-electron chi connectivity index (χ3n) is 5.29. The molecule has 3 aliphatic rings. The van der Waals surface area contributed by atoms with Gasteiger partial charge in [0, 0.05) is 38.1 Å². The van der Waals surface area contributed by atoms with Crippen LogP contribution < -0.4 is 10.6 Å². The number of amides is 1. The van der Waals surface area contributed by atoms with Crippen molar-refractivity contribution in [3.63, 3.8) is 0 Å². The van der Waals surface area contributed by atoms with Gasteiger partial charge in [-0.25, -0.2) is 0 Å². The molecule has 3 fully saturated rings. The van der Waals surface area contributed by atoms with E-state index in [9.17, 15) is 4.79 Å². The minimum atomic E-state index is 0.277. The van der Waals surface area contributed by atoms with Crippen molar-refractivity contribution in [2.24, 2.45) is 5.92 Å². The third-order valence-corrected chi connectivity index (χ3v) is 5.29. The van der Waals surface area contributed by atoms with Crippen LogP contribution >= 0.6 is 0 Å². The molecule has 1 aliphatic carbocycles. The number of rotatable bonds is 5. The van der Waals surface area contributed by atoms with Gasteiger partial charge in [0.25, 0.3) is 0 Å². The minimum absolute atomic E-state index is 0.277. The summed E-state index contributed by atoms with van der Waals surface area (Å²) in [5.74, 6) is 1.05. The molecule has 120 valence electrons. The Bertz CT molecular complexity index is 338. The molecule has 5 nitrogen and oxygen atoms in total. The van der Waals surface area contributed by atoms with Gasteiger partial charge in [0.05, 0.1) is 13.2 Å². The maximum absolute atomic E-state index is 12.1. The summed E-state index contributed by atoms with van der Waals surface area (Å²) in [5.41, 5.74) is 0. The molecular weight excluding hydrogens is 266 g/mol. The Morgan fingerprint density at radius 3 is 2.81 bits per heavy atom. The number of nitrogens with one attached hydrogen (secondary N) is 2. The quantitative estimate of drug-likeness (QED) is 0.786. The van der Waals surface area contributed by atoms with Crippen LogP contribution in [0, 0.1) is 5.92 Å². The lowest BCUT2D eigenvalue weighted by Crippen LogP contribution is -2.44. The number of hydrogen-bond donors (Lipinski definition) is 2. The van der Waals surface area contributed by atoms with Crippen molar-refractivity contribution in [2.75, 3.05) is 39.4 Å². The Labute approximate surface area is 127 Å². The molecule has 0 aromatic heterocycles. The van der Waals surface area contributed by atoms with E-state index in [4.69, 9.17) is 4.74 Å². The van der Waals surface area contributed by atoms with Gasteiger partial charge >= 0.3 is 0 Å². The molecule has 2 N–H and O–H groups in total. The number of hydrogen-bond acceptors (Lipinski definition) is 4. The van der Waals surface area contributed by atoms with Gasteiger partial charge in [0.15, 0.2) is 0 Å². The molecule has 2 heterocycles. The molecule has 5 heteroatoms. The average Bonchev–Trinajstić information content (AvgIpc) is 3.18. The van der Waals surface area contributed by atoms with Crippen molar-refractivity contribution in [1.29, 1.82) is 0 Å². The van der Waals surface area contributed by atoms with Gasteiger partial charge in [-0.1, -0.05) is 6.42 Å². The Morgan fingerprint density at radius 2 is 2.05 bits per heavy atom. The summed E-state index contributed by atoms with van der Waals surface area (Å²) < 4.78 is 5.29. The molecule has 0 bridgehead atoms. The van der Waals surface area contributed by atoms with Crippen LogP contribution in [0.4, 0.5) is 0 Å². The first-order chi connectivity index (χ1) is 10.3. The third kappa shape index (κ3) is 3.96. The van der Waals surface area contributed by atoms with E-state index in [1.807, 2.05) is 4.90 Å². The van der Waals surface area contributed by atoms with Gasteiger partial charge in [-0.05, 0) is 38.1 Å². The molecule has 3 unspecified atom stereocenters. The van der Waals surface area contributed by atoms with Crippen LogP contribution in [0.5, 0.6) is 0 Å².